The SMILES string of the molecule is CCCN1CCCN(c2ccc(C(=O)NC)cc2[N+](=O)[O-])CC1. The van der Waals surface area contributed by atoms with Crippen molar-refractivity contribution in [2.75, 3.05) is 44.7 Å². The predicted molar refractivity (Wildman–Crippen MR) is 90.0 cm³/mol. The zero-order valence-electron chi connectivity index (χ0n) is 13.7. The zero-order chi connectivity index (χ0) is 16.8. The molecule has 1 amide bonds. The first-order valence-electron chi connectivity index (χ1n) is 8.04. The number of hydrogen-bond donors (Lipinski definition) is 1. The third-order valence-corrected chi connectivity index (χ3v) is 4.13. The van der Waals surface area contributed by atoms with Crippen LogP contribution in [0.1, 0.15) is 30.1 Å². The van der Waals surface area contributed by atoms with Crippen LogP contribution in [-0.2, 0) is 0 Å². The average molecular weight is 320 g/mol. The predicted octanol–water partition coefficient (Wildman–Crippen LogP) is 1.88. The summed E-state index contributed by atoms with van der Waals surface area (Å²) in [6.07, 6.45) is 2.09. The van der Waals surface area contributed by atoms with Gasteiger partial charge in [-0.2, -0.15) is 0 Å². The molecule has 0 atom stereocenters. The number of carbonyl (C=O) groups is 1. The molecule has 0 bridgehead atoms. The highest BCUT2D eigenvalue weighted by Crippen LogP contribution is 2.30. The molecule has 1 fully saturated rings. The Kier molecular flexibility index (Phi) is 5.92. The van der Waals surface area contributed by atoms with Gasteiger partial charge in [0.1, 0.15) is 5.69 Å². The van der Waals surface area contributed by atoms with E-state index < -0.39 is 4.92 Å². The van der Waals surface area contributed by atoms with Gasteiger partial charge < -0.3 is 15.1 Å². The number of anilines is 1. The molecule has 7 heteroatoms. The summed E-state index contributed by atoms with van der Waals surface area (Å²) in [6.45, 7) is 6.70. The van der Waals surface area contributed by atoms with E-state index in [4.69, 9.17) is 0 Å². The van der Waals surface area contributed by atoms with Crippen molar-refractivity contribution in [3.8, 4) is 0 Å². The summed E-state index contributed by atoms with van der Waals surface area (Å²) in [4.78, 5) is 27.2. The number of nitrogens with zero attached hydrogens (tertiary/aromatic N) is 3. The van der Waals surface area contributed by atoms with E-state index in [0.29, 0.717) is 11.3 Å². The van der Waals surface area contributed by atoms with Gasteiger partial charge in [0.2, 0.25) is 0 Å². The third-order valence-electron chi connectivity index (χ3n) is 4.13. The summed E-state index contributed by atoms with van der Waals surface area (Å²) >= 11 is 0. The number of nitro benzene ring substituents is 1. The average Bonchev–Trinajstić information content (AvgIpc) is 2.79. The lowest BCUT2D eigenvalue weighted by molar-refractivity contribution is -0.384. The quantitative estimate of drug-likeness (QED) is 0.662. The van der Waals surface area contributed by atoms with Crippen molar-refractivity contribution in [2.24, 2.45) is 0 Å². The number of carbonyl (C=O) groups excluding carboxylic acids is 1. The second-order valence-electron chi connectivity index (χ2n) is 5.72. The molecule has 1 aromatic rings. The summed E-state index contributed by atoms with van der Waals surface area (Å²) < 4.78 is 0. The van der Waals surface area contributed by atoms with Crippen molar-refractivity contribution in [1.82, 2.24) is 10.2 Å². The summed E-state index contributed by atoms with van der Waals surface area (Å²) in [5.41, 5.74) is 0.904. The number of amides is 1. The van der Waals surface area contributed by atoms with Crippen molar-refractivity contribution in [3.05, 3.63) is 33.9 Å². The highest BCUT2D eigenvalue weighted by atomic mass is 16.6. The molecule has 0 unspecified atom stereocenters. The number of nitro groups is 1. The normalized spacial score (nSPS) is 16.0. The Labute approximate surface area is 136 Å². The summed E-state index contributed by atoms with van der Waals surface area (Å²) in [5, 5.41) is 13.9. The lowest BCUT2D eigenvalue weighted by atomic mass is 10.1. The van der Waals surface area contributed by atoms with Crippen LogP contribution in [-0.4, -0.2) is 55.5 Å². The fourth-order valence-corrected chi connectivity index (χ4v) is 2.97. The van der Waals surface area contributed by atoms with E-state index in [1.165, 1.54) is 13.1 Å². The van der Waals surface area contributed by atoms with Gasteiger partial charge in [0.05, 0.1) is 4.92 Å². The second kappa shape index (κ2) is 7.92. The first kappa shape index (κ1) is 17.2. The zero-order valence-corrected chi connectivity index (χ0v) is 13.7. The van der Waals surface area contributed by atoms with Gasteiger partial charge in [0, 0.05) is 38.3 Å². The molecule has 1 heterocycles. The van der Waals surface area contributed by atoms with Crippen LogP contribution in [0.3, 0.4) is 0 Å². The molecular formula is C16H24N4O3. The Bertz CT molecular complexity index is 576. The first-order chi connectivity index (χ1) is 11.1. The Morgan fingerprint density at radius 2 is 2.09 bits per heavy atom. The van der Waals surface area contributed by atoms with Crippen molar-refractivity contribution in [3.63, 3.8) is 0 Å². The molecule has 7 nitrogen and oxygen atoms in total. The molecule has 126 valence electrons. The molecule has 1 aliphatic rings. The number of benzene rings is 1. The lowest BCUT2D eigenvalue weighted by Crippen LogP contribution is -2.31. The second-order valence-corrected chi connectivity index (χ2v) is 5.72. The molecule has 1 aliphatic heterocycles. The molecule has 0 radical (unpaired) electrons. The van der Waals surface area contributed by atoms with Gasteiger partial charge in [0.15, 0.2) is 0 Å². The Hall–Kier alpha value is -2.15. The van der Waals surface area contributed by atoms with Gasteiger partial charge >= 0.3 is 0 Å². The van der Waals surface area contributed by atoms with E-state index in [-0.39, 0.29) is 11.6 Å². The summed E-state index contributed by atoms with van der Waals surface area (Å²) in [7, 11) is 1.51. The van der Waals surface area contributed by atoms with Crippen molar-refractivity contribution < 1.29 is 9.72 Å². The fraction of sp³-hybridized carbons (Fsp3) is 0.562. The molecule has 0 aliphatic carbocycles. The molecule has 0 aromatic heterocycles. The summed E-state index contributed by atoms with van der Waals surface area (Å²) in [6, 6.07) is 4.71. The van der Waals surface area contributed by atoms with Crippen LogP contribution in [0.15, 0.2) is 18.2 Å². The third kappa shape index (κ3) is 4.19. The highest BCUT2D eigenvalue weighted by Gasteiger charge is 2.23. The van der Waals surface area contributed by atoms with E-state index in [2.05, 4.69) is 22.0 Å². The maximum absolute atomic E-state index is 11.7. The van der Waals surface area contributed by atoms with E-state index >= 15 is 0 Å². The molecule has 1 saturated heterocycles. The minimum Gasteiger partial charge on any atom is -0.365 e. The highest BCUT2D eigenvalue weighted by molar-refractivity contribution is 5.95. The minimum atomic E-state index is -0.406. The van der Waals surface area contributed by atoms with Gasteiger partial charge in [-0.05, 0) is 38.1 Å². The van der Waals surface area contributed by atoms with Gasteiger partial charge in [-0.3, -0.25) is 14.9 Å². The van der Waals surface area contributed by atoms with Crippen molar-refractivity contribution in [1.29, 1.82) is 0 Å². The number of nitrogens with one attached hydrogen (secondary N) is 1. The Morgan fingerprint density at radius 3 is 2.74 bits per heavy atom. The fourth-order valence-electron chi connectivity index (χ4n) is 2.97. The lowest BCUT2D eigenvalue weighted by Gasteiger charge is -2.23. The standard InChI is InChI=1S/C16H24N4O3/c1-3-7-18-8-4-9-19(11-10-18)14-6-5-13(16(21)17-2)12-15(14)20(22)23/h5-6,12H,3-4,7-11H2,1-2H3,(H,17,21). The van der Waals surface area contributed by atoms with Gasteiger partial charge in [-0.25, -0.2) is 0 Å². The van der Waals surface area contributed by atoms with Gasteiger partial charge in [-0.1, -0.05) is 6.92 Å². The van der Waals surface area contributed by atoms with Crippen LogP contribution >= 0.6 is 0 Å². The molecular weight excluding hydrogens is 296 g/mol. The van der Waals surface area contributed by atoms with Crippen molar-refractivity contribution in [2.45, 2.75) is 19.8 Å². The smallest absolute Gasteiger partial charge is 0.293 e. The van der Waals surface area contributed by atoms with Crippen LogP contribution in [0, 0.1) is 10.1 Å². The first-order valence-corrected chi connectivity index (χ1v) is 8.04. The largest absolute Gasteiger partial charge is 0.365 e. The molecule has 0 saturated carbocycles. The number of hydrogen-bond acceptors (Lipinski definition) is 5. The van der Waals surface area contributed by atoms with Crippen LogP contribution in [0.25, 0.3) is 0 Å². The van der Waals surface area contributed by atoms with Crippen LogP contribution in [0.5, 0.6) is 0 Å². The molecule has 0 spiro atoms. The van der Waals surface area contributed by atoms with E-state index in [9.17, 15) is 14.9 Å². The molecule has 1 N–H and O–H groups in total. The summed E-state index contributed by atoms with van der Waals surface area (Å²) in [5.74, 6) is -0.315. The Balaban J connectivity index is 2.24. The number of rotatable bonds is 5. The topological polar surface area (TPSA) is 78.7 Å². The Morgan fingerprint density at radius 1 is 1.30 bits per heavy atom. The van der Waals surface area contributed by atoms with Crippen LogP contribution < -0.4 is 10.2 Å². The minimum absolute atomic E-state index is 0.00459. The van der Waals surface area contributed by atoms with E-state index in [1.54, 1.807) is 12.1 Å². The van der Waals surface area contributed by atoms with E-state index in [0.717, 1.165) is 45.6 Å². The maximum atomic E-state index is 11.7. The monoisotopic (exact) mass is 320 g/mol. The van der Waals surface area contributed by atoms with E-state index in [1.807, 2.05) is 0 Å². The molecule has 23 heavy (non-hydrogen) atoms. The van der Waals surface area contributed by atoms with Gasteiger partial charge in [0.25, 0.3) is 11.6 Å². The van der Waals surface area contributed by atoms with Crippen LogP contribution in [0.4, 0.5) is 11.4 Å². The van der Waals surface area contributed by atoms with Crippen molar-refractivity contribution >= 4 is 17.3 Å². The molecule has 2 rings (SSSR count). The molecule has 1 aromatic carbocycles. The van der Waals surface area contributed by atoms with Gasteiger partial charge in [-0.15, -0.1) is 0 Å². The van der Waals surface area contributed by atoms with Crippen LogP contribution in [0.2, 0.25) is 0 Å². The maximum Gasteiger partial charge on any atom is 0.293 e.